The van der Waals surface area contributed by atoms with Crippen molar-refractivity contribution in [2.45, 2.75) is 284 Å². The molecular formula is C59H104O6. The van der Waals surface area contributed by atoms with E-state index in [0.717, 1.165) is 70.6 Å². The minimum Gasteiger partial charge on any atom is -0.462 e. The van der Waals surface area contributed by atoms with Crippen LogP contribution in [0.15, 0.2) is 60.8 Å². The molecule has 0 aromatic heterocycles. The highest BCUT2D eigenvalue weighted by Crippen LogP contribution is 2.16. The Bertz CT molecular complexity index is 1180. The summed E-state index contributed by atoms with van der Waals surface area (Å²) in [5.74, 6) is -1.03. The Morgan fingerprint density at radius 2 is 0.585 bits per heavy atom. The van der Waals surface area contributed by atoms with E-state index in [1.807, 2.05) is 6.08 Å². The summed E-state index contributed by atoms with van der Waals surface area (Å²) in [7, 11) is 0. The molecule has 65 heavy (non-hydrogen) atoms. The maximum Gasteiger partial charge on any atom is 0.310 e. The smallest absolute Gasteiger partial charge is 0.310 e. The fourth-order valence-electron chi connectivity index (χ4n) is 7.93. The van der Waals surface area contributed by atoms with Crippen LogP contribution in [0.2, 0.25) is 0 Å². The number of unbranched alkanes of at least 4 members (excludes halogenated alkanes) is 30. The third kappa shape index (κ3) is 51.9. The molecule has 0 aliphatic rings. The van der Waals surface area contributed by atoms with Gasteiger partial charge in [0.05, 0.1) is 6.42 Å². The predicted octanol–water partition coefficient (Wildman–Crippen LogP) is 18.4. The molecule has 0 N–H and O–H groups in total. The Morgan fingerprint density at radius 3 is 0.877 bits per heavy atom. The maximum atomic E-state index is 12.8. The van der Waals surface area contributed by atoms with Crippen LogP contribution in [0.3, 0.4) is 0 Å². The monoisotopic (exact) mass is 909 g/mol. The molecule has 0 radical (unpaired) electrons. The Labute approximate surface area is 402 Å². The molecule has 0 aliphatic carbocycles. The number of esters is 3. The highest BCUT2D eigenvalue weighted by atomic mass is 16.6. The molecule has 0 saturated heterocycles. The molecule has 1 atom stereocenters. The van der Waals surface area contributed by atoms with Gasteiger partial charge in [0.15, 0.2) is 6.10 Å². The molecule has 6 heteroatoms. The van der Waals surface area contributed by atoms with Crippen LogP contribution in [-0.4, -0.2) is 37.2 Å². The van der Waals surface area contributed by atoms with Crippen molar-refractivity contribution in [3.63, 3.8) is 0 Å². The van der Waals surface area contributed by atoms with Crippen LogP contribution in [0.5, 0.6) is 0 Å². The minimum atomic E-state index is -0.824. The van der Waals surface area contributed by atoms with Crippen LogP contribution in [0.25, 0.3) is 0 Å². The van der Waals surface area contributed by atoms with Crippen LogP contribution >= 0.6 is 0 Å². The van der Waals surface area contributed by atoms with E-state index in [0.29, 0.717) is 12.8 Å². The lowest BCUT2D eigenvalue weighted by atomic mass is 10.0. The summed E-state index contributed by atoms with van der Waals surface area (Å²) in [6, 6.07) is 0. The van der Waals surface area contributed by atoms with E-state index < -0.39 is 12.1 Å². The first-order chi connectivity index (χ1) is 32.0. The van der Waals surface area contributed by atoms with Gasteiger partial charge in [-0.3, -0.25) is 14.4 Å². The number of carbonyl (C=O) groups is 3. The molecule has 0 fully saturated rings. The average Bonchev–Trinajstić information content (AvgIpc) is 3.30. The topological polar surface area (TPSA) is 78.9 Å². The average molecular weight is 909 g/mol. The fraction of sp³-hybridized carbons (Fsp3) is 0.780. The zero-order chi connectivity index (χ0) is 47.2. The molecule has 376 valence electrons. The quantitative estimate of drug-likeness (QED) is 0.0262. The fourth-order valence-corrected chi connectivity index (χ4v) is 7.93. The van der Waals surface area contributed by atoms with E-state index in [4.69, 9.17) is 14.2 Å². The number of ether oxygens (including phenoxy) is 3. The Kier molecular flexibility index (Phi) is 51.3. The maximum absolute atomic E-state index is 12.8. The van der Waals surface area contributed by atoms with Crippen LogP contribution in [0.4, 0.5) is 0 Å². The van der Waals surface area contributed by atoms with Crippen molar-refractivity contribution in [3.8, 4) is 0 Å². The standard InChI is InChI=1S/C59H104O6/c1-4-7-10-13-16-19-22-25-27-28-29-30-32-34-37-40-43-46-49-52-58(61)64-55-56(54-63-57(60)51-48-45-42-39-36-33-24-21-18-15-12-9-6-3)65-59(62)53-50-47-44-41-38-35-31-26-23-20-17-14-11-8-5-2/h8,11,17,20,26,31,38,41,47,50,56H,4-7,9-10,12-16,18-19,21-25,27-30,32-37,39-40,42-46,48-49,51-55H2,1-3H3/b11-8-,20-17-,31-26-,41-38-,50-47-. The Morgan fingerprint density at radius 1 is 0.323 bits per heavy atom. The van der Waals surface area contributed by atoms with E-state index in [9.17, 15) is 14.4 Å². The van der Waals surface area contributed by atoms with Crippen molar-refractivity contribution in [1.82, 2.24) is 0 Å². The number of rotatable bonds is 50. The van der Waals surface area contributed by atoms with Crippen LogP contribution in [0, 0.1) is 0 Å². The first kappa shape index (κ1) is 62.1. The van der Waals surface area contributed by atoms with Gasteiger partial charge >= 0.3 is 17.9 Å². The summed E-state index contributed by atoms with van der Waals surface area (Å²) in [6.07, 6.45) is 66.7. The summed E-state index contributed by atoms with van der Waals surface area (Å²) >= 11 is 0. The first-order valence-electron chi connectivity index (χ1n) is 27.8. The summed E-state index contributed by atoms with van der Waals surface area (Å²) < 4.78 is 16.7. The molecule has 0 bridgehead atoms. The molecular weight excluding hydrogens is 805 g/mol. The van der Waals surface area contributed by atoms with E-state index in [1.54, 1.807) is 6.08 Å². The molecule has 0 aromatic carbocycles. The second kappa shape index (κ2) is 53.7. The van der Waals surface area contributed by atoms with Gasteiger partial charge in [-0.05, 0) is 44.9 Å². The van der Waals surface area contributed by atoms with Crippen LogP contribution in [-0.2, 0) is 28.6 Å². The Balaban J connectivity index is 4.41. The predicted molar refractivity (Wildman–Crippen MR) is 279 cm³/mol. The summed E-state index contributed by atoms with van der Waals surface area (Å²) in [6.45, 7) is 6.47. The molecule has 0 rings (SSSR count). The third-order valence-corrected chi connectivity index (χ3v) is 12.1. The van der Waals surface area contributed by atoms with Crippen molar-refractivity contribution in [3.05, 3.63) is 60.8 Å². The van der Waals surface area contributed by atoms with Crippen molar-refractivity contribution in [2.75, 3.05) is 13.2 Å². The van der Waals surface area contributed by atoms with Crippen molar-refractivity contribution in [1.29, 1.82) is 0 Å². The van der Waals surface area contributed by atoms with E-state index >= 15 is 0 Å². The summed E-state index contributed by atoms with van der Waals surface area (Å²) in [4.78, 5) is 38.0. The molecule has 1 unspecified atom stereocenters. The van der Waals surface area contributed by atoms with Gasteiger partial charge in [-0.15, -0.1) is 0 Å². The lowest BCUT2D eigenvalue weighted by Crippen LogP contribution is -2.30. The second-order valence-corrected chi connectivity index (χ2v) is 18.5. The van der Waals surface area contributed by atoms with Gasteiger partial charge in [-0.2, -0.15) is 0 Å². The van der Waals surface area contributed by atoms with Gasteiger partial charge in [0.25, 0.3) is 0 Å². The molecule has 0 aromatic rings. The molecule has 6 nitrogen and oxygen atoms in total. The lowest BCUT2D eigenvalue weighted by Gasteiger charge is -2.18. The molecule has 0 heterocycles. The molecule has 0 saturated carbocycles. The number of hydrogen-bond acceptors (Lipinski definition) is 6. The number of hydrogen-bond donors (Lipinski definition) is 0. The zero-order valence-corrected chi connectivity index (χ0v) is 43.0. The SMILES string of the molecule is CC/C=C\C/C=C\C/C=C\C/C=C\C/C=C\CC(=O)OC(COC(=O)CCCCCCCCCCCCCCC)COC(=O)CCCCCCCCCCCCCCCCCCCCC. The van der Waals surface area contributed by atoms with Gasteiger partial charge in [-0.1, -0.05) is 274 Å². The van der Waals surface area contributed by atoms with Gasteiger partial charge in [0.2, 0.25) is 0 Å². The zero-order valence-electron chi connectivity index (χ0n) is 43.0. The highest BCUT2D eigenvalue weighted by Gasteiger charge is 2.19. The molecule has 0 amide bonds. The van der Waals surface area contributed by atoms with Gasteiger partial charge in [0.1, 0.15) is 13.2 Å². The summed E-state index contributed by atoms with van der Waals surface area (Å²) in [5, 5.41) is 0. The van der Waals surface area contributed by atoms with E-state index in [-0.39, 0.29) is 31.6 Å². The van der Waals surface area contributed by atoms with Crippen molar-refractivity contribution >= 4 is 17.9 Å². The first-order valence-corrected chi connectivity index (χ1v) is 27.8. The largest absolute Gasteiger partial charge is 0.462 e. The van der Waals surface area contributed by atoms with Gasteiger partial charge < -0.3 is 14.2 Å². The Hall–Kier alpha value is -2.89. The van der Waals surface area contributed by atoms with E-state index in [2.05, 4.69) is 69.4 Å². The van der Waals surface area contributed by atoms with Crippen molar-refractivity contribution in [2.24, 2.45) is 0 Å². The van der Waals surface area contributed by atoms with E-state index in [1.165, 1.54) is 167 Å². The molecule has 0 spiro atoms. The van der Waals surface area contributed by atoms with Gasteiger partial charge in [-0.25, -0.2) is 0 Å². The number of allylic oxidation sites excluding steroid dienone is 9. The van der Waals surface area contributed by atoms with Crippen molar-refractivity contribution < 1.29 is 28.6 Å². The highest BCUT2D eigenvalue weighted by molar-refractivity contribution is 5.72. The number of carbonyl (C=O) groups excluding carboxylic acids is 3. The lowest BCUT2D eigenvalue weighted by molar-refractivity contribution is -0.166. The van der Waals surface area contributed by atoms with Gasteiger partial charge in [0, 0.05) is 12.8 Å². The van der Waals surface area contributed by atoms with Crippen LogP contribution < -0.4 is 0 Å². The third-order valence-electron chi connectivity index (χ3n) is 12.1. The second-order valence-electron chi connectivity index (χ2n) is 18.5. The summed E-state index contributed by atoms with van der Waals surface area (Å²) in [5.41, 5.74) is 0. The molecule has 0 aliphatic heterocycles. The minimum absolute atomic E-state index is 0.101. The normalized spacial score (nSPS) is 12.5. The van der Waals surface area contributed by atoms with Crippen LogP contribution in [0.1, 0.15) is 278 Å².